The molecule has 3 nitrogen and oxygen atoms in total. The number of amides is 1. The lowest BCUT2D eigenvalue weighted by Crippen LogP contribution is -2.57. The van der Waals surface area contributed by atoms with Crippen LogP contribution in [0.3, 0.4) is 0 Å². The van der Waals surface area contributed by atoms with Crippen LogP contribution in [0.15, 0.2) is 0 Å². The molecule has 1 aliphatic heterocycles. The third-order valence-electron chi connectivity index (χ3n) is 2.54. The van der Waals surface area contributed by atoms with Crippen LogP contribution in [0.5, 0.6) is 0 Å². The number of carbonyl (C=O) groups is 1. The molecule has 1 amide bonds. The zero-order valence-electron chi connectivity index (χ0n) is 8.13. The molecule has 0 bridgehead atoms. The third-order valence-corrected chi connectivity index (χ3v) is 2.54. The van der Waals surface area contributed by atoms with Crippen molar-refractivity contribution in [2.75, 3.05) is 13.6 Å². The van der Waals surface area contributed by atoms with E-state index >= 15 is 0 Å². The molecule has 0 saturated carbocycles. The Labute approximate surface area is 74.1 Å². The maximum atomic E-state index is 11.6. The van der Waals surface area contributed by atoms with Gasteiger partial charge in [0, 0.05) is 19.6 Å². The molecule has 1 N–H and O–H groups in total. The van der Waals surface area contributed by atoms with E-state index in [1.165, 1.54) is 0 Å². The van der Waals surface area contributed by atoms with Gasteiger partial charge in [0.2, 0.25) is 5.91 Å². The molecule has 2 atom stereocenters. The predicted molar refractivity (Wildman–Crippen MR) is 48.9 cm³/mol. The molecule has 1 rings (SSSR count). The lowest BCUT2D eigenvalue weighted by atomic mass is 10.1. The van der Waals surface area contributed by atoms with Gasteiger partial charge in [0.1, 0.15) is 0 Å². The molecule has 0 aromatic carbocycles. The summed E-state index contributed by atoms with van der Waals surface area (Å²) in [7, 11) is 1.89. The topological polar surface area (TPSA) is 32.3 Å². The summed E-state index contributed by atoms with van der Waals surface area (Å²) in [6.07, 6.45) is 2.02. The second-order valence-corrected chi connectivity index (χ2v) is 3.55. The highest BCUT2D eigenvalue weighted by Crippen LogP contribution is 2.09. The molecule has 2 unspecified atom stereocenters. The smallest absolute Gasteiger partial charge is 0.239 e. The van der Waals surface area contributed by atoms with Crippen molar-refractivity contribution in [3.05, 3.63) is 0 Å². The van der Waals surface area contributed by atoms with Crippen molar-refractivity contribution >= 4 is 5.91 Å². The first-order valence-corrected chi connectivity index (χ1v) is 4.67. The normalized spacial score (nSPS) is 30.9. The number of nitrogens with zero attached hydrogens (tertiary/aromatic N) is 1. The Bertz CT molecular complexity index is 170. The first-order chi connectivity index (χ1) is 5.66. The highest BCUT2D eigenvalue weighted by atomic mass is 16.2. The molecule has 0 aromatic heterocycles. The highest BCUT2D eigenvalue weighted by molar-refractivity contribution is 5.82. The van der Waals surface area contributed by atoms with Gasteiger partial charge in [-0.15, -0.1) is 0 Å². The molecule has 12 heavy (non-hydrogen) atoms. The van der Waals surface area contributed by atoms with Gasteiger partial charge in [-0.3, -0.25) is 4.79 Å². The molecule has 0 aromatic rings. The Morgan fingerprint density at radius 3 is 2.92 bits per heavy atom. The molecule has 0 aliphatic carbocycles. The van der Waals surface area contributed by atoms with Crippen molar-refractivity contribution in [1.29, 1.82) is 0 Å². The van der Waals surface area contributed by atoms with Gasteiger partial charge in [0.05, 0.1) is 6.04 Å². The number of rotatable bonds is 2. The second-order valence-electron chi connectivity index (χ2n) is 3.55. The van der Waals surface area contributed by atoms with Gasteiger partial charge in [-0.2, -0.15) is 0 Å². The fraction of sp³-hybridized carbons (Fsp3) is 0.889. The fourth-order valence-electron chi connectivity index (χ4n) is 1.51. The number of nitrogens with one attached hydrogen (secondary N) is 1. The van der Waals surface area contributed by atoms with E-state index in [4.69, 9.17) is 0 Å². The monoisotopic (exact) mass is 170 g/mol. The van der Waals surface area contributed by atoms with E-state index in [0.717, 1.165) is 19.4 Å². The standard InChI is InChI=1S/C9H18N2O/c1-4-5-8-9(12)11(3)7(2)6-10-8/h7-8,10H,4-6H2,1-3H3. The summed E-state index contributed by atoms with van der Waals surface area (Å²) >= 11 is 0. The Kier molecular flexibility index (Phi) is 3.09. The summed E-state index contributed by atoms with van der Waals surface area (Å²) in [5.74, 6) is 0.246. The quantitative estimate of drug-likeness (QED) is 0.658. The molecule has 1 heterocycles. The van der Waals surface area contributed by atoms with E-state index in [2.05, 4.69) is 19.2 Å². The summed E-state index contributed by atoms with van der Waals surface area (Å²) in [4.78, 5) is 13.4. The molecule has 1 aliphatic rings. The van der Waals surface area contributed by atoms with Crippen molar-refractivity contribution in [2.45, 2.75) is 38.8 Å². The van der Waals surface area contributed by atoms with Crippen LogP contribution in [0.4, 0.5) is 0 Å². The molecule has 1 saturated heterocycles. The summed E-state index contributed by atoms with van der Waals surface area (Å²) in [5.41, 5.74) is 0. The molecule has 1 fully saturated rings. The van der Waals surface area contributed by atoms with E-state index < -0.39 is 0 Å². The molecule has 70 valence electrons. The van der Waals surface area contributed by atoms with Gasteiger partial charge in [-0.05, 0) is 13.3 Å². The highest BCUT2D eigenvalue weighted by Gasteiger charge is 2.28. The minimum Gasteiger partial charge on any atom is -0.340 e. The lowest BCUT2D eigenvalue weighted by Gasteiger charge is -2.35. The fourth-order valence-corrected chi connectivity index (χ4v) is 1.51. The zero-order chi connectivity index (χ0) is 9.14. The van der Waals surface area contributed by atoms with Crippen molar-refractivity contribution in [1.82, 2.24) is 10.2 Å². The minimum atomic E-state index is 0.0659. The SMILES string of the molecule is CCCC1NCC(C)N(C)C1=O. The van der Waals surface area contributed by atoms with Crippen molar-refractivity contribution in [3.63, 3.8) is 0 Å². The average molecular weight is 170 g/mol. The van der Waals surface area contributed by atoms with E-state index in [9.17, 15) is 4.79 Å². The average Bonchev–Trinajstić information content (AvgIpc) is 2.07. The minimum absolute atomic E-state index is 0.0659. The molecular formula is C9H18N2O. The van der Waals surface area contributed by atoms with Gasteiger partial charge in [-0.1, -0.05) is 13.3 Å². The van der Waals surface area contributed by atoms with Crippen LogP contribution in [0, 0.1) is 0 Å². The molecule has 0 spiro atoms. The van der Waals surface area contributed by atoms with E-state index in [1.54, 1.807) is 0 Å². The van der Waals surface area contributed by atoms with Crippen molar-refractivity contribution < 1.29 is 4.79 Å². The van der Waals surface area contributed by atoms with Gasteiger partial charge >= 0.3 is 0 Å². The largest absolute Gasteiger partial charge is 0.340 e. The van der Waals surface area contributed by atoms with Crippen molar-refractivity contribution in [2.24, 2.45) is 0 Å². The second kappa shape index (κ2) is 3.90. The number of carbonyl (C=O) groups excluding carboxylic acids is 1. The molecule has 3 heteroatoms. The van der Waals surface area contributed by atoms with E-state index in [1.807, 2.05) is 11.9 Å². The van der Waals surface area contributed by atoms with Gasteiger partial charge in [0.25, 0.3) is 0 Å². The van der Waals surface area contributed by atoms with Gasteiger partial charge in [0.15, 0.2) is 0 Å². The number of hydrogen-bond donors (Lipinski definition) is 1. The zero-order valence-corrected chi connectivity index (χ0v) is 8.13. The summed E-state index contributed by atoms with van der Waals surface area (Å²) < 4.78 is 0. The summed E-state index contributed by atoms with van der Waals surface area (Å²) in [6.45, 7) is 5.09. The maximum absolute atomic E-state index is 11.6. The number of piperazine rings is 1. The first-order valence-electron chi connectivity index (χ1n) is 4.67. The Morgan fingerprint density at radius 2 is 2.33 bits per heavy atom. The summed E-state index contributed by atoms with van der Waals surface area (Å²) in [6, 6.07) is 0.404. The van der Waals surface area contributed by atoms with Crippen LogP contribution in [-0.4, -0.2) is 36.5 Å². The van der Waals surface area contributed by atoms with Crippen LogP contribution in [-0.2, 0) is 4.79 Å². The third kappa shape index (κ3) is 1.78. The Morgan fingerprint density at radius 1 is 1.67 bits per heavy atom. The van der Waals surface area contributed by atoms with Crippen LogP contribution in [0.25, 0.3) is 0 Å². The lowest BCUT2D eigenvalue weighted by molar-refractivity contribution is -0.136. The van der Waals surface area contributed by atoms with Crippen LogP contribution in [0.2, 0.25) is 0 Å². The van der Waals surface area contributed by atoms with Crippen LogP contribution >= 0.6 is 0 Å². The molecule has 0 radical (unpaired) electrons. The van der Waals surface area contributed by atoms with Crippen LogP contribution < -0.4 is 5.32 Å². The molecular weight excluding hydrogens is 152 g/mol. The van der Waals surface area contributed by atoms with Crippen molar-refractivity contribution in [3.8, 4) is 0 Å². The van der Waals surface area contributed by atoms with Gasteiger partial charge < -0.3 is 10.2 Å². The number of hydrogen-bond acceptors (Lipinski definition) is 2. The first kappa shape index (κ1) is 9.52. The maximum Gasteiger partial charge on any atom is 0.239 e. The van der Waals surface area contributed by atoms with E-state index in [0.29, 0.717) is 6.04 Å². The Balaban J connectivity index is 2.53. The predicted octanol–water partition coefficient (Wildman–Crippen LogP) is 0.605. The van der Waals surface area contributed by atoms with Gasteiger partial charge in [-0.25, -0.2) is 0 Å². The number of likely N-dealkylation sites (N-methyl/N-ethyl adjacent to an activating group) is 1. The Hall–Kier alpha value is -0.570. The van der Waals surface area contributed by atoms with E-state index in [-0.39, 0.29) is 11.9 Å². The van der Waals surface area contributed by atoms with Crippen LogP contribution in [0.1, 0.15) is 26.7 Å². The summed E-state index contributed by atoms with van der Waals surface area (Å²) in [5, 5.41) is 3.26.